The van der Waals surface area contributed by atoms with Crippen molar-refractivity contribution in [2.75, 3.05) is 13.9 Å². The largest absolute Gasteiger partial charge is 0.438 e. The molecule has 0 aliphatic carbocycles. The van der Waals surface area contributed by atoms with E-state index in [4.69, 9.17) is 23.3 Å². The minimum atomic E-state index is -1.53. The molecular formula is C29H32NO4Si. The Balaban J connectivity index is 1.64. The summed E-state index contributed by atoms with van der Waals surface area (Å²) in [4.78, 5) is 4.71. The second-order valence-electron chi connectivity index (χ2n) is 9.32. The molecule has 181 valence electrons. The van der Waals surface area contributed by atoms with Gasteiger partial charge >= 0.3 is 0 Å². The van der Waals surface area contributed by atoms with Crippen LogP contribution in [0, 0.1) is 0 Å². The van der Waals surface area contributed by atoms with Gasteiger partial charge in [-0.15, -0.1) is 0 Å². The fraction of sp³-hybridized carbons (Fsp3) is 0.276. The molecule has 0 unspecified atom stereocenters. The maximum atomic E-state index is 6.65. The van der Waals surface area contributed by atoms with Crippen LogP contribution in [0.5, 0.6) is 0 Å². The van der Waals surface area contributed by atoms with Crippen LogP contribution >= 0.6 is 0 Å². The lowest BCUT2D eigenvalue weighted by Gasteiger charge is -2.22. The zero-order valence-electron chi connectivity index (χ0n) is 20.8. The Morgan fingerprint density at radius 2 is 1.51 bits per heavy atom. The van der Waals surface area contributed by atoms with Gasteiger partial charge in [0, 0.05) is 12.7 Å². The van der Waals surface area contributed by atoms with Crippen LogP contribution in [0.25, 0.3) is 11.5 Å². The molecule has 3 aromatic carbocycles. The normalized spacial score (nSPS) is 11.8. The molecule has 1 aromatic heterocycles. The predicted molar refractivity (Wildman–Crippen MR) is 140 cm³/mol. The van der Waals surface area contributed by atoms with Crippen LogP contribution < -0.4 is 10.4 Å². The fourth-order valence-electron chi connectivity index (χ4n) is 3.72. The minimum Gasteiger partial charge on any atom is -0.438 e. The number of hydrogen-bond donors (Lipinski definition) is 0. The summed E-state index contributed by atoms with van der Waals surface area (Å²) in [5.41, 5.74) is 2.98. The van der Waals surface area contributed by atoms with Crippen LogP contribution in [0.3, 0.4) is 0 Å². The van der Waals surface area contributed by atoms with E-state index in [1.54, 1.807) is 7.11 Å². The van der Waals surface area contributed by atoms with Crippen molar-refractivity contribution in [2.24, 2.45) is 0 Å². The molecule has 0 saturated carbocycles. The fourth-order valence-corrected chi connectivity index (χ4v) is 5.69. The first-order chi connectivity index (χ1) is 17.0. The van der Waals surface area contributed by atoms with E-state index >= 15 is 0 Å². The minimum absolute atomic E-state index is 0.0566. The van der Waals surface area contributed by atoms with Gasteiger partial charge < -0.3 is 18.3 Å². The van der Waals surface area contributed by atoms with Gasteiger partial charge in [0.15, 0.2) is 5.76 Å². The number of aromatic nitrogens is 1. The maximum Gasteiger partial charge on any atom is 0.283 e. The first-order valence-corrected chi connectivity index (χ1v) is 13.1. The van der Waals surface area contributed by atoms with E-state index in [0.29, 0.717) is 18.3 Å². The van der Waals surface area contributed by atoms with Gasteiger partial charge in [-0.1, -0.05) is 93.6 Å². The van der Waals surface area contributed by atoms with Crippen LogP contribution in [0.4, 0.5) is 0 Å². The topological polar surface area (TPSA) is 53.7 Å². The van der Waals surface area contributed by atoms with Crippen LogP contribution in [0.15, 0.2) is 89.3 Å². The summed E-state index contributed by atoms with van der Waals surface area (Å²) in [7, 11) is 0.0715. The highest BCUT2D eigenvalue weighted by Crippen LogP contribution is 2.24. The third-order valence-corrected chi connectivity index (χ3v) is 7.74. The van der Waals surface area contributed by atoms with E-state index < -0.39 is 9.04 Å². The number of ether oxygens (including phenoxy) is 2. The molecule has 5 nitrogen and oxygen atoms in total. The Bertz CT molecular complexity index is 1200. The third-order valence-electron chi connectivity index (χ3n) is 5.61. The SMILES string of the molecule is COCOCc1nc(-c2ccccc2)oc1CO[Si](c1ccccc1)c1cccc(C(C)(C)C)c1. The molecule has 0 bridgehead atoms. The van der Waals surface area contributed by atoms with Crippen molar-refractivity contribution in [3.8, 4) is 11.5 Å². The number of rotatable bonds is 10. The van der Waals surface area contributed by atoms with Gasteiger partial charge in [-0.3, -0.25) is 0 Å². The van der Waals surface area contributed by atoms with Gasteiger partial charge in [-0.2, -0.15) is 0 Å². The maximum absolute atomic E-state index is 6.65. The standard InChI is InChI=1S/C29H32NO4Si/c1-29(2,3)23-14-11-17-25(18-23)35(24-15-9-6-10-16-24)33-20-27-26(19-32-21-31-4)30-28(34-27)22-12-7-5-8-13-22/h5-18H,19-21H2,1-4H3. The summed E-state index contributed by atoms with van der Waals surface area (Å²) in [6, 6.07) is 29.0. The third kappa shape index (κ3) is 6.55. The van der Waals surface area contributed by atoms with Gasteiger partial charge in [0.25, 0.3) is 9.04 Å². The van der Waals surface area contributed by atoms with Crippen molar-refractivity contribution < 1.29 is 18.3 Å². The lowest BCUT2D eigenvalue weighted by atomic mass is 9.87. The van der Waals surface area contributed by atoms with Gasteiger partial charge in [0.1, 0.15) is 12.5 Å². The van der Waals surface area contributed by atoms with Crippen LogP contribution in [0.2, 0.25) is 0 Å². The van der Waals surface area contributed by atoms with Crippen molar-refractivity contribution in [1.82, 2.24) is 4.98 Å². The summed E-state index contributed by atoms with van der Waals surface area (Å²) >= 11 is 0. The Morgan fingerprint density at radius 3 is 2.20 bits per heavy atom. The van der Waals surface area contributed by atoms with Gasteiger partial charge in [-0.25, -0.2) is 4.98 Å². The average Bonchev–Trinajstić information content (AvgIpc) is 3.28. The van der Waals surface area contributed by atoms with Gasteiger partial charge in [0.05, 0.1) is 13.2 Å². The van der Waals surface area contributed by atoms with Gasteiger partial charge in [-0.05, 0) is 33.5 Å². The van der Waals surface area contributed by atoms with Crippen LogP contribution in [0.1, 0.15) is 37.8 Å². The molecule has 0 aliphatic rings. The molecule has 1 radical (unpaired) electrons. The molecule has 1 heterocycles. The molecule has 0 atom stereocenters. The summed E-state index contributed by atoms with van der Waals surface area (Å²) in [6.07, 6.45) is 0. The molecule has 0 amide bonds. The Kier molecular flexibility index (Phi) is 8.31. The zero-order valence-corrected chi connectivity index (χ0v) is 21.8. The molecule has 35 heavy (non-hydrogen) atoms. The molecule has 0 saturated heterocycles. The highest BCUT2D eigenvalue weighted by Gasteiger charge is 2.24. The van der Waals surface area contributed by atoms with E-state index in [9.17, 15) is 0 Å². The van der Waals surface area contributed by atoms with E-state index in [2.05, 4.69) is 69.3 Å². The average molecular weight is 487 g/mol. The monoisotopic (exact) mass is 486 g/mol. The highest BCUT2D eigenvalue weighted by atomic mass is 28.3. The number of benzene rings is 3. The highest BCUT2D eigenvalue weighted by molar-refractivity contribution is 6.80. The Morgan fingerprint density at radius 1 is 0.829 bits per heavy atom. The van der Waals surface area contributed by atoms with Crippen molar-refractivity contribution in [3.63, 3.8) is 0 Å². The zero-order chi connectivity index (χ0) is 24.7. The molecule has 0 N–H and O–H groups in total. The first-order valence-electron chi connectivity index (χ1n) is 11.7. The van der Waals surface area contributed by atoms with E-state index in [1.807, 2.05) is 36.4 Å². The molecule has 6 heteroatoms. The first kappa shape index (κ1) is 25.1. The second kappa shape index (κ2) is 11.6. The quantitative estimate of drug-likeness (QED) is 0.178. The molecule has 0 spiro atoms. The van der Waals surface area contributed by atoms with Crippen LogP contribution in [-0.2, 0) is 32.5 Å². The number of methoxy groups -OCH3 is 1. The number of hydrogen-bond acceptors (Lipinski definition) is 5. The van der Waals surface area contributed by atoms with E-state index in [-0.39, 0.29) is 18.8 Å². The summed E-state index contributed by atoms with van der Waals surface area (Å²) < 4.78 is 23.5. The molecule has 4 aromatic rings. The lowest BCUT2D eigenvalue weighted by molar-refractivity contribution is -0.0405. The van der Waals surface area contributed by atoms with E-state index in [1.165, 1.54) is 15.9 Å². The molecule has 0 aliphatic heterocycles. The molecule has 4 rings (SSSR count). The Labute approximate surface area is 209 Å². The second-order valence-corrected chi connectivity index (χ2v) is 11.4. The predicted octanol–water partition coefficient (Wildman–Crippen LogP) is 5.08. The number of oxazole rings is 1. The summed E-state index contributed by atoms with van der Waals surface area (Å²) in [6.45, 7) is 7.46. The van der Waals surface area contributed by atoms with Crippen molar-refractivity contribution >= 4 is 19.4 Å². The molecular weight excluding hydrogens is 454 g/mol. The van der Waals surface area contributed by atoms with Crippen molar-refractivity contribution in [2.45, 2.75) is 39.4 Å². The smallest absolute Gasteiger partial charge is 0.283 e. The van der Waals surface area contributed by atoms with Crippen molar-refractivity contribution in [3.05, 3.63) is 102 Å². The summed E-state index contributed by atoms with van der Waals surface area (Å²) in [5, 5.41) is 2.39. The lowest BCUT2D eigenvalue weighted by Crippen LogP contribution is -2.45. The Hall–Kier alpha value is -3.03. The van der Waals surface area contributed by atoms with Crippen molar-refractivity contribution in [1.29, 1.82) is 0 Å². The van der Waals surface area contributed by atoms with Crippen LogP contribution in [-0.4, -0.2) is 27.9 Å². The number of nitrogens with zero attached hydrogens (tertiary/aromatic N) is 1. The molecule has 0 fully saturated rings. The van der Waals surface area contributed by atoms with E-state index in [0.717, 1.165) is 11.3 Å². The summed E-state index contributed by atoms with van der Waals surface area (Å²) in [5.74, 6) is 1.23. The van der Waals surface area contributed by atoms with Gasteiger partial charge in [0.2, 0.25) is 5.89 Å².